The van der Waals surface area contributed by atoms with Crippen LogP contribution in [0.1, 0.15) is 35.7 Å². The molecule has 1 heterocycles. The third kappa shape index (κ3) is 4.19. The van der Waals surface area contributed by atoms with Crippen molar-refractivity contribution in [3.05, 3.63) is 29.6 Å². The predicted molar refractivity (Wildman–Crippen MR) is 72.0 cm³/mol. The summed E-state index contributed by atoms with van der Waals surface area (Å²) >= 11 is 0. The predicted octanol–water partition coefficient (Wildman–Crippen LogP) is 1.26. The molecule has 0 bridgehead atoms. The van der Waals surface area contributed by atoms with Crippen LogP contribution in [0.2, 0.25) is 0 Å². The maximum atomic E-state index is 12.1. The molecular weight excluding hydrogens is 226 g/mol. The number of pyridine rings is 1. The number of hydrogen-bond donors (Lipinski definition) is 1. The normalized spacial score (nSPS) is 9.50. The second-order valence-electron chi connectivity index (χ2n) is 4.05. The quantitative estimate of drug-likeness (QED) is 0.812. The fourth-order valence-electron chi connectivity index (χ4n) is 1.50. The standard InChI is InChI=1S/C14H19N3O/c1-3-4-8-17(2)14(18)13-9-12(6-5-7-15)10-16-11-13/h9-11H,3-4,7-8,15H2,1-2H3. The maximum Gasteiger partial charge on any atom is 0.255 e. The van der Waals surface area contributed by atoms with E-state index in [0.29, 0.717) is 12.1 Å². The molecule has 18 heavy (non-hydrogen) atoms. The Bertz CT molecular complexity index is 460. The summed E-state index contributed by atoms with van der Waals surface area (Å²) in [5, 5.41) is 0. The van der Waals surface area contributed by atoms with Gasteiger partial charge in [-0.3, -0.25) is 9.78 Å². The zero-order chi connectivity index (χ0) is 13.4. The van der Waals surface area contributed by atoms with Gasteiger partial charge < -0.3 is 10.6 Å². The number of rotatable bonds is 4. The van der Waals surface area contributed by atoms with E-state index in [4.69, 9.17) is 5.73 Å². The smallest absolute Gasteiger partial charge is 0.255 e. The van der Waals surface area contributed by atoms with Gasteiger partial charge in [0.15, 0.2) is 0 Å². The molecule has 0 radical (unpaired) electrons. The van der Waals surface area contributed by atoms with E-state index in [1.165, 1.54) is 0 Å². The first-order valence-electron chi connectivity index (χ1n) is 6.08. The highest BCUT2D eigenvalue weighted by molar-refractivity contribution is 5.94. The molecule has 1 aromatic heterocycles. The molecule has 4 nitrogen and oxygen atoms in total. The van der Waals surface area contributed by atoms with E-state index in [-0.39, 0.29) is 5.91 Å². The summed E-state index contributed by atoms with van der Waals surface area (Å²) in [7, 11) is 1.80. The van der Waals surface area contributed by atoms with Gasteiger partial charge >= 0.3 is 0 Å². The van der Waals surface area contributed by atoms with Crippen LogP contribution in [0.25, 0.3) is 0 Å². The molecule has 1 rings (SSSR count). The summed E-state index contributed by atoms with van der Waals surface area (Å²) in [6.45, 7) is 3.16. The van der Waals surface area contributed by atoms with Crippen LogP contribution in [0.4, 0.5) is 0 Å². The molecule has 0 unspecified atom stereocenters. The van der Waals surface area contributed by atoms with Crippen molar-refractivity contribution in [3.63, 3.8) is 0 Å². The van der Waals surface area contributed by atoms with E-state index in [2.05, 4.69) is 23.7 Å². The molecule has 4 heteroatoms. The zero-order valence-electron chi connectivity index (χ0n) is 10.9. The van der Waals surface area contributed by atoms with Crippen LogP contribution in [-0.2, 0) is 0 Å². The molecule has 0 fully saturated rings. The molecule has 0 spiro atoms. The van der Waals surface area contributed by atoms with E-state index < -0.39 is 0 Å². The Balaban J connectivity index is 2.79. The number of amides is 1. The fourth-order valence-corrected chi connectivity index (χ4v) is 1.50. The van der Waals surface area contributed by atoms with Gasteiger partial charge in [0.25, 0.3) is 5.91 Å². The Hall–Kier alpha value is -1.86. The van der Waals surface area contributed by atoms with Crippen LogP contribution in [-0.4, -0.2) is 35.9 Å². The zero-order valence-corrected chi connectivity index (χ0v) is 10.9. The number of carbonyl (C=O) groups is 1. The topological polar surface area (TPSA) is 59.2 Å². The van der Waals surface area contributed by atoms with Crippen molar-refractivity contribution in [2.75, 3.05) is 20.1 Å². The Morgan fingerprint density at radius 1 is 1.50 bits per heavy atom. The van der Waals surface area contributed by atoms with Crippen molar-refractivity contribution in [1.82, 2.24) is 9.88 Å². The average molecular weight is 245 g/mol. The molecule has 0 aliphatic heterocycles. The molecular formula is C14H19N3O. The minimum atomic E-state index is -0.0210. The van der Waals surface area contributed by atoms with Crippen molar-refractivity contribution in [1.29, 1.82) is 0 Å². The molecule has 0 aliphatic carbocycles. The van der Waals surface area contributed by atoms with E-state index in [0.717, 1.165) is 24.9 Å². The second-order valence-corrected chi connectivity index (χ2v) is 4.05. The van der Waals surface area contributed by atoms with Crippen LogP contribution in [0.3, 0.4) is 0 Å². The summed E-state index contributed by atoms with van der Waals surface area (Å²) in [4.78, 5) is 17.8. The summed E-state index contributed by atoms with van der Waals surface area (Å²) in [6.07, 6.45) is 5.27. The highest BCUT2D eigenvalue weighted by Crippen LogP contribution is 2.06. The lowest BCUT2D eigenvalue weighted by atomic mass is 10.2. The molecule has 2 N–H and O–H groups in total. The Kier molecular flexibility index (Phi) is 5.89. The van der Waals surface area contributed by atoms with E-state index >= 15 is 0 Å². The highest BCUT2D eigenvalue weighted by Gasteiger charge is 2.11. The van der Waals surface area contributed by atoms with Gasteiger partial charge in [-0.05, 0) is 12.5 Å². The van der Waals surface area contributed by atoms with E-state index in [1.54, 1.807) is 30.4 Å². The molecule has 96 valence electrons. The third-order valence-electron chi connectivity index (χ3n) is 2.51. The van der Waals surface area contributed by atoms with Gasteiger partial charge in [0.1, 0.15) is 0 Å². The summed E-state index contributed by atoms with van der Waals surface area (Å²) in [6, 6.07) is 1.75. The molecule has 0 saturated heterocycles. The van der Waals surface area contributed by atoms with Gasteiger partial charge in [-0.25, -0.2) is 0 Å². The summed E-state index contributed by atoms with van der Waals surface area (Å²) in [5.74, 6) is 5.60. The number of carbonyl (C=O) groups excluding carboxylic acids is 1. The lowest BCUT2D eigenvalue weighted by Crippen LogP contribution is -2.27. The summed E-state index contributed by atoms with van der Waals surface area (Å²) < 4.78 is 0. The fraction of sp³-hybridized carbons (Fsp3) is 0.429. The number of nitrogens with two attached hydrogens (primary N) is 1. The van der Waals surface area contributed by atoms with Crippen molar-refractivity contribution in [2.24, 2.45) is 5.73 Å². The number of aromatic nitrogens is 1. The van der Waals surface area contributed by atoms with Gasteiger partial charge in [0, 0.05) is 31.5 Å². The van der Waals surface area contributed by atoms with Crippen molar-refractivity contribution in [2.45, 2.75) is 19.8 Å². The SMILES string of the molecule is CCCCN(C)C(=O)c1cncc(C#CCN)c1. The van der Waals surface area contributed by atoms with Gasteiger partial charge in [-0.2, -0.15) is 0 Å². The van der Waals surface area contributed by atoms with Crippen LogP contribution < -0.4 is 5.73 Å². The van der Waals surface area contributed by atoms with Crippen molar-refractivity contribution < 1.29 is 4.79 Å². The molecule has 0 aromatic carbocycles. The molecule has 1 amide bonds. The first-order chi connectivity index (χ1) is 8.69. The van der Waals surface area contributed by atoms with E-state index in [1.807, 2.05) is 0 Å². The molecule has 0 aliphatic rings. The Morgan fingerprint density at radius 3 is 2.94 bits per heavy atom. The van der Waals surface area contributed by atoms with Crippen LogP contribution in [0, 0.1) is 11.8 Å². The maximum absolute atomic E-state index is 12.1. The van der Waals surface area contributed by atoms with Crippen molar-refractivity contribution in [3.8, 4) is 11.8 Å². The van der Waals surface area contributed by atoms with Crippen molar-refractivity contribution >= 4 is 5.91 Å². The number of nitrogens with zero attached hydrogens (tertiary/aromatic N) is 2. The lowest BCUT2D eigenvalue weighted by Gasteiger charge is -2.16. The third-order valence-corrected chi connectivity index (χ3v) is 2.51. The Morgan fingerprint density at radius 2 is 2.28 bits per heavy atom. The largest absolute Gasteiger partial charge is 0.342 e. The number of hydrogen-bond acceptors (Lipinski definition) is 3. The van der Waals surface area contributed by atoms with Gasteiger partial charge in [0.05, 0.1) is 12.1 Å². The first kappa shape index (κ1) is 14.2. The monoisotopic (exact) mass is 245 g/mol. The minimum Gasteiger partial charge on any atom is -0.342 e. The second kappa shape index (κ2) is 7.46. The molecule has 0 saturated carbocycles. The molecule has 1 aromatic rings. The summed E-state index contributed by atoms with van der Waals surface area (Å²) in [5.41, 5.74) is 6.59. The lowest BCUT2D eigenvalue weighted by molar-refractivity contribution is 0.0793. The first-order valence-corrected chi connectivity index (χ1v) is 6.08. The van der Waals surface area contributed by atoms with Gasteiger partial charge in [-0.1, -0.05) is 25.2 Å². The highest BCUT2D eigenvalue weighted by atomic mass is 16.2. The van der Waals surface area contributed by atoms with Crippen LogP contribution in [0.15, 0.2) is 18.5 Å². The van der Waals surface area contributed by atoms with Gasteiger partial charge in [0.2, 0.25) is 0 Å². The van der Waals surface area contributed by atoms with Crippen LogP contribution >= 0.6 is 0 Å². The van der Waals surface area contributed by atoms with E-state index in [9.17, 15) is 4.79 Å². The van der Waals surface area contributed by atoms with Crippen LogP contribution in [0.5, 0.6) is 0 Å². The Labute approximate surface area is 108 Å². The average Bonchev–Trinajstić information content (AvgIpc) is 2.42. The van der Waals surface area contributed by atoms with Gasteiger partial charge in [-0.15, -0.1) is 0 Å². The molecule has 0 atom stereocenters. The number of unbranched alkanes of at least 4 members (excludes halogenated alkanes) is 1. The minimum absolute atomic E-state index is 0.0210.